The number of nitrogens with one attached hydrogen (secondary N) is 4. The number of rotatable bonds is 20. The highest BCUT2D eigenvalue weighted by molar-refractivity contribution is 6.18. The number of hydrogen-bond donors (Lipinski definition) is 5. The van der Waals surface area contributed by atoms with Crippen LogP contribution in [0.15, 0.2) is 36.4 Å². The van der Waals surface area contributed by atoms with Crippen molar-refractivity contribution in [1.82, 2.24) is 20.9 Å². The van der Waals surface area contributed by atoms with Crippen LogP contribution in [0.1, 0.15) is 78.7 Å². The SMILES string of the molecule is CC(C)C[C@@H](NC(=O)CCCCCC1C(=O)C=CC1=O)C(=O)N[C@@H](C)C(=O)NCC(=O)Nc1ccc(COC(=O)N(C)[C@H](C(N)=O)C(C)C)cc1. The largest absolute Gasteiger partial charge is 0.445 e. The van der Waals surface area contributed by atoms with E-state index in [1.807, 2.05) is 13.8 Å². The molecule has 1 aromatic carbocycles. The first kappa shape index (κ1) is 42.1. The third-order valence-corrected chi connectivity index (χ3v) is 8.26. The molecule has 15 heteroatoms. The highest BCUT2D eigenvalue weighted by Gasteiger charge is 2.30. The van der Waals surface area contributed by atoms with Crippen LogP contribution >= 0.6 is 0 Å². The summed E-state index contributed by atoms with van der Waals surface area (Å²) in [4.78, 5) is 99.4. The number of nitrogens with two attached hydrogens (primary N) is 1. The fraction of sp³-hybridized carbons (Fsp3) is 0.556. The Labute approximate surface area is 298 Å². The van der Waals surface area contributed by atoms with Crippen molar-refractivity contribution < 1.29 is 43.1 Å². The molecule has 1 aliphatic rings. The molecule has 6 N–H and O–H groups in total. The molecule has 0 aromatic heterocycles. The average molecular weight is 713 g/mol. The van der Waals surface area contributed by atoms with Crippen LogP contribution in [-0.4, -0.2) is 83.8 Å². The number of anilines is 1. The summed E-state index contributed by atoms with van der Waals surface area (Å²) in [5.41, 5.74) is 6.46. The maximum Gasteiger partial charge on any atom is 0.410 e. The van der Waals surface area contributed by atoms with Gasteiger partial charge in [0.1, 0.15) is 24.7 Å². The normalized spacial score (nSPS) is 14.5. The number of carbonyl (C=O) groups is 8. The maximum absolute atomic E-state index is 13.0. The molecule has 0 unspecified atom stereocenters. The van der Waals surface area contributed by atoms with E-state index in [-0.39, 0.29) is 48.9 Å². The minimum absolute atomic E-state index is 0.0699. The molecule has 1 aromatic rings. The Hall–Kier alpha value is -5.08. The van der Waals surface area contributed by atoms with Gasteiger partial charge in [-0.05, 0) is 67.9 Å². The highest BCUT2D eigenvalue weighted by Crippen LogP contribution is 2.19. The molecule has 6 amide bonds. The van der Waals surface area contributed by atoms with E-state index in [1.165, 1.54) is 26.1 Å². The predicted molar refractivity (Wildman–Crippen MR) is 189 cm³/mol. The lowest BCUT2D eigenvalue weighted by molar-refractivity contribution is -0.132. The van der Waals surface area contributed by atoms with E-state index in [2.05, 4.69) is 21.3 Å². The number of likely N-dealkylation sites (N-methyl/N-ethyl adjacent to an activating group) is 1. The minimum atomic E-state index is -0.993. The number of amides is 6. The summed E-state index contributed by atoms with van der Waals surface area (Å²) in [5.74, 6) is -3.69. The monoisotopic (exact) mass is 712 g/mol. The topological polar surface area (TPSA) is 223 Å². The van der Waals surface area contributed by atoms with Crippen LogP contribution < -0.4 is 27.0 Å². The highest BCUT2D eigenvalue weighted by atomic mass is 16.6. The van der Waals surface area contributed by atoms with Crippen LogP contribution in [0, 0.1) is 17.8 Å². The van der Waals surface area contributed by atoms with Gasteiger partial charge in [0.05, 0.1) is 12.5 Å². The van der Waals surface area contributed by atoms with Gasteiger partial charge in [-0.3, -0.25) is 38.5 Å². The summed E-state index contributed by atoms with van der Waals surface area (Å²) in [6.07, 6.45) is 4.66. The summed E-state index contributed by atoms with van der Waals surface area (Å²) in [6.45, 7) is 8.37. The van der Waals surface area contributed by atoms with Crippen molar-refractivity contribution in [3.63, 3.8) is 0 Å². The molecule has 0 fully saturated rings. The Morgan fingerprint density at radius 3 is 2.04 bits per heavy atom. The average Bonchev–Trinajstić information content (AvgIpc) is 3.37. The Balaban J connectivity index is 1.75. The van der Waals surface area contributed by atoms with Crippen LogP contribution in [0.5, 0.6) is 0 Å². The quantitative estimate of drug-likeness (QED) is 0.0985. The Kier molecular flexibility index (Phi) is 17.0. The second kappa shape index (κ2) is 20.6. The van der Waals surface area contributed by atoms with Crippen LogP contribution in [0.3, 0.4) is 0 Å². The molecule has 0 aliphatic heterocycles. The van der Waals surface area contributed by atoms with Gasteiger partial charge in [0.25, 0.3) is 0 Å². The third-order valence-electron chi connectivity index (χ3n) is 8.26. The number of carbonyl (C=O) groups excluding carboxylic acids is 8. The van der Waals surface area contributed by atoms with E-state index in [1.54, 1.807) is 38.1 Å². The van der Waals surface area contributed by atoms with E-state index in [4.69, 9.17) is 10.5 Å². The molecule has 3 atom stereocenters. The first-order valence-corrected chi connectivity index (χ1v) is 17.2. The fourth-order valence-electron chi connectivity index (χ4n) is 5.52. The number of allylic oxidation sites excluding steroid dienone is 2. The third kappa shape index (κ3) is 14.4. The molecular weight excluding hydrogens is 660 g/mol. The number of ether oxygens (including phenoxy) is 1. The second-order valence-corrected chi connectivity index (χ2v) is 13.5. The number of hydrogen-bond acceptors (Lipinski definition) is 9. The fourth-order valence-corrected chi connectivity index (χ4v) is 5.52. The molecule has 2 rings (SSSR count). The predicted octanol–water partition coefficient (Wildman–Crippen LogP) is 2.13. The lowest BCUT2D eigenvalue weighted by atomic mass is 9.97. The molecule has 0 spiro atoms. The van der Waals surface area contributed by atoms with Crippen LogP contribution in [0.2, 0.25) is 0 Å². The molecule has 0 saturated heterocycles. The van der Waals surface area contributed by atoms with E-state index in [0.717, 1.165) is 4.90 Å². The molecule has 280 valence electrons. The summed E-state index contributed by atoms with van der Waals surface area (Å²) >= 11 is 0. The summed E-state index contributed by atoms with van der Waals surface area (Å²) in [5, 5.41) is 10.5. The van der Waals surface area contributed by atoms with Crippen molar-refractivity contribution in [2.24, 2.45) is 23.5 Å². The number of benzene rings is 1. The maximum atomic E-state index is 13.0. The van der Waals surface area contributed by atoms with Gasteiger partial charge in [-0.2, -0.15) is 0 Å². The molecule has 51 heavy (non-hydrogen) atoms. The molecule has 1 aliphatic carbocycles. The Morgan fingerprint density at radius 1 is 0.843 bits per heavy atom. The molecule has 0 heterocycles. The Bertz CT molecular complexity index is 1440. The van der Waals surface area contributed by atoms with Crippen molar-refractivity contribution in [2.75, 3.05) is 18.9 Å². The van der Waals surface area contributed by atoms with E-state index >= 15 is 0 Å². The van der Waals surface area contributed by atoms with Gasteiger partial charge in [0, 0.05) is 19.2 Å². The molecule has 15 nitrogen and oxygen atoms in total. The van der Waals surface area contributed by atoms with Crippen LogP contribution in [0.25, 0.3) is 0 Å². The van der Waals surface area contributed by atoms with Crippen molar-refractivity contribution in [3.8, 4) is 0 Å². The first-order valence-electron chi connectivity index (χ1n) is 17.2. The van der Waals surface area contributed by atoms with Gasteiger partial charge in [-0.15, -0.1) is 0 Å². The van der Waals surface area contributed by atoms with E-state index < -0.39 is 53.8 Å². The Morgan fingerprint density at radius 2 is 1.47 bits per heavy atom. The first-order chi connectivity index (χ1) is 24.0. The minimum Gasteiger partial charge on any atom is -0.445 e. The van der Waals surface area contributed by atoms with E-state index in [0.29, 0.717) is 43.4 Å². The van der Waals surface area contributed by atoms with E-state index in [9.17, 15) is 38.4 Å². The molecule has 0 radical (unpaired) electrons. The van der Waals surface area contributed by atoms with Gasteiger partial charge >= 0.3 is 6.09 Å². The smallest absolute Gasteiger partial charge is 0.410 e. The number of ketones is 2. The zero-order valence-corrected chi connectivity index (χ0v) is 30.3. The molecule has 0 saturated carbocycles. The van der Waals surface area contributed by atoms with Gasteiger partial charge in [0.15, 0.2) is 11.6 Å². The van der Waals surface area contributed by atoms with Gasteiger partial charge in [-0.25, -0.2) is 4.79 Å². The summed E-state index contributed by atoms with van der Waals surface area (Å²) < 4.78 is 5.28. The number of unbranched alkanes of at least 4 members (excludes halogenated alkanes) is 2. The number of nitrogens with zero attached hydrogens (tertiary/aromatic N) is 1. The van der Waals surface area contributed by atoms with Crippen molar-refractivity contribution in [1.29, 1.82) is 0 Å². The lowest BCUT2D eigenvalue weighted by Gasteiger charge is -2.27. The van der Waals surface area contributed by atoms with Gasteiger partial charge in [0.2, 0.25) is 29.5 Å². The lowest BCUT2D eigenvalue weighted by Crippen LogP contribution is -2.53. The summed E-state index contributed by atoms with van der Waals surface area (Å²) in [6, 6.07) is 3.80. The zero-order chi connectivity index (χ0) is 38.2. The second-order valence-electron chi connectivity index (χ2n) is 13.5. The van der Waals surface area contributed by atoms with Gasteiger partial charge < -0.3 is 31.7 Å². The van der Waals surface area contributed by atoms with Crippen LogP contribution in [-0.2, 0) is 44.9 Å². The van der Waals surface area contributed by atoms with Crippen molar-refractivity contribution in [3.05, 3.63) is 42.0 Å². The zero-order valence-electron chi connectivity index (χ0n) is 30.3. The standard InChI is InChI=1S/C36H52N6O9/c1-21(2)18-27(41-30(45)11-9-7-8-10-26-28(43)16-17-29(26)44)35(49)39-23(5)34(48)38-19-31(46)40-25-14-12-24(13-15-25)20-51-36(50)42(6)32(22(3)4)33(37)47/h12-17,21-23,26-27,32H,7-11,18-20H2,1-6H3,(H2,37,47)(H,38,48)(H,39,49)(H,40,46)(H,41,45)/t23-,27+,32-/m0/s1. The van der Waals surface area contributed by atoms with Gasteiger partial charge in [-0.1, -0.05) is 52.7 Å². The molecular formula is C36H52N6O9. The van der Waals surface area contributed by atoms with Crippen LogP contribution in [0.4, 0.5) is 10.5 Å². The summed E-state index contributed by atoms with van der Waals surface area (Å²) in [7, 11) is 1.44. The van der Waals surface area contributed by atoms with Crippen molar-refractivity contribution >= 4 is 52.9 Å². The molecule has 0 bridgehead atoms. The van der Waals surface area contributed by atoms with Crippen molar-refractivity contribution in [2.45, 2.75) is 97.9 Å². The number of primary amides is 1.